The highest BCUT2D eigenvalue weighted by atomic mass is 32.2. The molecule has 0 aliphatic rings. The number of hydrogen-bond acceptors (Lipinski definition) is 2. The zero-order valence-corrected chi connectivity index (χ0v) is 9.48. The number of allylic oxidation sites excluding steroid dienone is 1. The van der Waals surface area contributed by atoms with E-state index in [0.29, 0.717) is 6.42 Å². The molecule has 0 saturated carbocycles. The van der Waals surface area contributed by atoms with Gasteiger partial charge in [0.1, 0.15) is 9.92 Å². The molecule has 2 N–H and O–H groups in total. The Bertz CT molecular complexity index is 383. The van der Waals surface area contributed by atoms with Crippen molar-refractivity contribution in [2.24, 2.45) is 15.4 Å². The Hall–Kier alpha value is -0.890. The Labute approximate surface area is 92.0 Å². The van der Waals surface area contributed by atoms with E-state index in [4.69, 9.17) is 5.14 Å². The van der Waals surface area contributed by atoms with Crippen molar-refractivity contribution in [3.05, 3.63) is 12.7 Å². The van der Waals surface area contributed by atoms with Crippen LogP contribution in [0, 0.1) is 5.92 Å². The van der Waals surface area contributed by atoms with Gasteiger partial charge in [0.15, 0.2) is 0 Å². The van der Waals surface area contributed by atoms with Gasteiger partial charge in [0, 0.05) is 5.75 Å². The van der Waals surface area contributed by atoms with Crippen LogP contribution in [0.4, 0.5) is 13.2 Å². The van der Waals surface area contributed by atoms with Crippen LogP contribution in [0.2, 0.25) is 0 Å². The molecule has 94 valence electrons. The van der Waals surface area contributed by atoms with Crippen molar-refractivity contribution in [2.75, 3.05) is 5.75 Å². The molecule has 1 amide bonds. The minimum atomic E-state index is -5.14. The molecule has 0 aromatic carbocycles. The van der Waals surface area contributed by atoms with Crippen LogP contribution in [0.5, 0.6) is 0 Å². The Morgan fingerprint density at radius 3 is 2.50 bits per heavy atom. The minimum Gasteiger partial charge on any atom is -0.261 e. The first-order valence-corrected chi connectivity index (χ1v) is 6.08. The Kier molecular flexibility index (Phi) is 5.14. The maximum atomic E-state index is 11.8. The van der Waals surface area contributed by atoms with Gasteiger partial charge in [0.25, 0.3) is 0 Å². The lowest BCUT2D eigenvalue weighted by atomic mass is 10.1. The first-order valence-electron chi connectivity index (χ1n) is 4.33. The van der Waals surface area contributed by atoms with Crippen LogP contribution >= 0.6 is 0 Å². The molecule has 0 bridgehead atoms. The number of amides is 1. The van der Waals surface area contributed by atoms with E-state index in [2.05, 4.69) is 10.9 Å². The Morgan fingerprint density at radius 1 is 1.62 bits per heavy atom. The predicted molar refractivity (Wildman–Crippen MR) is 54.7 cm³/mol. The first-order chi connectivity index (χ1) is 7.08. The van der Waals surface area contributed by atoms with Gasteiger partial charge in [-0.25, -0.2) is 9.35 Å². The molecule has 0 aliphatic heterocycles. The van der Waals surface area contributed by atoms with Gasteiger partial charge in [0.05, 0.1) is 0 Å². The molecule has 8 heteroatoms. The van der Waals surface area contributed by atoms with Crippen LogP contribution in [-0.4, -0.2) is 22.0 Å². The van der Waals surface area contributed by atoms with E-state index in [1.807, 2.05) is 0 Å². The van der Waals surface area contributed by atoms with Gasteiger partial charge < -0.3 is 0 Å². The number of rotatable bonds is 4. The molecule has 4 nitrogen and oxygen atoms in total. The summed E-state index contributed by atoms with van der Waals surface area (Å²) in [4.78, 5) is 10.4. The van der Waals surface area contributed by atoms with Gasteiger partial charge in [-0.1, -0.05) is 13.0 Å². The van der Waals surface area contributed by atoms with E-state index in [1.54, 1.807) is 6.92 Å². The highest BCUT2D eigenvalue weighted by molar-refractivity contribution is 7.91. The second kappa shape index (κ2) is 5.44. The molecule has 0 aromatic heterocycles. The molecular weight excluding hydrogens is 245 g/mol. The van der Waals surface area contributed by atoms with E-state index in [1.165, 1.54) is 6.08 Å². The summed E-state index contributed by atoms with van der Waals surface area (Å²) in [6.45, 7) is 5.05. The van der Waals surface area contributed by atoms with E-state index in [0.717, 1.165) is 0 Å². The normalized spacial score (nSPS) is 17.3. The zero-order chi connectivity index (χ0) is 13.0. The molecule has 0 aromatic rings. The Balaban J connectivity index is 4.79. The van der Waals surface area contributed by atoms with Crippen molar-refractivity contribution in [3.63, 3.8) is 0 Å². The summed E-state index contributed by atoms with van der Waals surface area (Å²) in [5.74, 6) is -2.94. The minimum absolute atomic E-state index is 0.250. The largest absolute Gasteiger partial charge is 0.474 e. The zero-order valence-electron chi connectivity index (χ0n) is 8.66. The second-order valence-corrected chi connectivity index (χ2v) is 5.28. The van der Waals surface area contributed by atoms with Gasteiger partial charge in [-0.15, -0.1) is 10.9 Å². The molecular formula is C8H13F3N2O2S. The van der Waals surface area contributed by atoms with Crippen LogP contribution in [0.25, 0.3) is 0 Å². The smallest absolute Gasteiger partial charge is 0.261 e. The highest BCUT2D eigenvalue weighted by Gasteiger charge is 2.39. The number of nitrogens with zero attached hydrogens (tertiary/aromatic N) is 1. The predicted octanol–water partition coefficient (Wildman–Crippen LogP) is 1.63. The van der Waals surface area contributed by atoms with E-state index in [-0.39, 0.29) is 11.7 Å². The second-order valence-electron chi connectivity index (χ2n) is 3.38. The topological polar surface area (TPSA) is 72.5 Å². The van der Waals surface area contributed by atoms with Crippen molar-refractivity contribution in [3.8, 4) is 0 Å². The summed E-state index contributed by atoms with van der Waals surface area (Å²) < 4.78 is 49.4. The van der Waals surface area contributed by atoms with E-state index < -0.39 is 22.0 Å². The molecule has 0 heterocycles. The molecule has 0 rings (SSSR count). The van der Waals surface area contributed by atoms with Crippen molar-refractivity contribution in [2.45, 2.75) is 19.5 Å². The molecule has 1 unspecified atom stereocenters. The van der Waals surface area contributed by atoms with Crippen LogP contribution < -0.4 is 5.14 Å². The summed E-state index contributed by atoms with van der Waals surface area (Å²) >= 11 is 0. The van der Waals surface area contributed by atoms with Crippen LogP contribution in [0.3, 0.4) is 0 Å². The number of hydrogen-bond donors (Lipinski definition) is 1. The van der Waals surface area contributed by atoms with Gasteiger partial charge in [-0.3, -0.25) is 4.79 Å². The lowest BCUT2D eigenvalue weighted by Gasteiger charge is -2.10. The van der Waals surface area contributed by atoms with Crippen LogP contribution in [-0.2, 0) is 14.7 Å². The molecule has 0 fully saturated rings. The van der Waals surface area contributed by atoms with Gasteiger partial charge in [-0.05, 0) is 12.3 Å². The molecule has 0 radical (unpaired) electrons. The van der Waals surface area contributed by atoms with Gasteiger partial charge in [-0.2, -0.15) is 13.2 Å². The van der Waals surface area contributed by atoms with Crippen LogP contribution in [0.1, 0.15) is 13.3 Å². The molecule has 16 heavy (non-hydrogen) atoms. The summed E-state index contributed by atoms with van der Waals surface area (Å²) in [5.41, 5.74) is 0. The van der Waals surface area contributed by atoms with Gasteiger partial charge >= 0.3 is 12.1 Å². The highest BCUT2D eigenvalue weighted by Crippen LogP contribution is 2.17. The average molecular weight is 258 g/mol. The SMILES string of the molecule is C=CC[C@H](C)CS(N)(=O)=NC(=O)C(F)(F)F. The van der Waals surface area contributed by atoms with Crippen molar-refractivity contribution < 1.29 is 22.2 Å². The van der Waals surface area contributed by atoms with Crippen molar-refractivity contribution >= 4 is 15.8 Å². The lowest BCUT2D eigenvalue weighted by Crippen LogP contribution is -2.27. The fourth-order valence-corrected chi connectivity index (χ4v) is 2.40. The van der Waals surface area contributed by atoms with E-state index >= 15 is 0 Å². The maximum Gasteiger partial charge on any atom is 0.474 e. The number of carbonyl (C=O) groups is 1. The number of alkyl halides is 3. The van der Waals surface area contributed by atoms with Crippen molar-refractivity contribution in [1.29, 1.82) is 0 Å². The Morgan fingerprint density at radius 2 is 2.12 bits per heavy atom. The third-order valence-corrected chi connectivity index (χ3v) is 3.09. The standard InChI is InChI=1S/C8H13F3N2O2S/c1-3-4-6(2)5-16(12,15)13-7(14)8(9,10)11/h3,6H,1,4-5H2,2H3,(H2,12,13,14,15)/t6-,16?/m0/s1. The molecule has 0 aliphatic carbocycles. The van der Waals surface area contributed by atoms with Crippen LogP contribution in [0.15, 0.2) is 17.0 Å². The molecule has 0 saturated heterocycles. The quantitative estimate of drug-likeness (QED) is 0.778. The number of halogens is 3. The lowest BCUT2D eigenvalue weighted by molar-refractivity contribution is -0.169. The maximum absolute atomic E-state index is 11.8. The van der Waals surface area contributed by atoms with Crippen molar-refractivity contribution in [1.82, 2.24) is 0 Å². The average Bonchev–Trinajstić information content (AvgIpc) is 1.99. The fraction of sp³-hybridized carbons (Fsp3) is 0.625. The van der Waals surface area contributed by atoms with Gasteiger partial charge in [0.2, 0.25) is 0 Å². The third kappa shape index (κ3) is 5.86. The third-order valence-electron chi connectivity index (χ3n) is 1.57. The molecule has 0 spiro atoms. The number of nitrogens with two attached hydrogens (primary N) is 1. The summed E-state index contributed by atoms with van der Waals surface area (Å²) in [6.07, 6.45) is -3.18. The summed E-state index contributed by atoms with van der Waals surface area (Å²) in [6, 6.07) is 0. The van der Waals surface area contributed by atoms with E-state index in [9.17, 15) is 22.2 Å². The summed E-state index contributed by atoms with van der Waals surface area (Å²) in [7, 11) is -3.63. The first kappa shape index (κ1) is 15.1. The fourth-order valence-electron chi connectivity index (χ4n) is 0.990. The number of carbonyl (C=O) groups excluding carboxylic acids is 1. The molecule has 2 atom stereocenters. The monoisotopic (exact) mass is 258 g/mol. The summed E-state index contributed by atoms with van der Waals surface area (Å²) in [5, 5.41) is 5.05.